The van der Waals surface area contributed by atoms with E-state index in [0.717, 1.165) is 35.1 Å². The molecule has 0 saturated heterocycles. The quantitative estimate of drug-likeness (QED) is 0.0506. The molecule has 6 aromatic rings. The van der Waals surface area contributed by atoms with Gasteiger partial charge in [-0.05, 0) is 124 Å². The van der Waals surface area contributed by atoms with Crippen molar-refractivity contribution >= 4 is 121 Å². The molecule has 4 heterocycles. The van der Waals surface area contributed by atoms with E-state index in [1.54, 1.807) is 63.7 Å². The normalized spacial score (nSPS) is 10.9. The molecule has 0 aliphatic carbocycles. The van der Waals surface area contributed by atoms with Gasteiger partial charge in [0.25, 0.3) is 0 Å². The molecular weight excluding hydrogens is 1020 g/mol. The predicted molar refractivity (Wildman–Crippen MR) is 266 cm³/mol. The second kappa shape index (κ2) is 24.3. The van der Waals surface area contributed by atoms with E-state index in [2.05, 4.69) is 84.0 Å². The van der Waals surface area contributed by atoms with Crippen LogP contribution in [-0.2, 0) is 9.13 Å². The molecule has 4 N–H and O–H groups in total. The molecular formula is C40H49Br2Cl3N12O3P2. The van der Waals surface area contributed by atoms with Crippen LogP contribution >= 0.6 is 80.9 Å². The van der Waals surface area contributed by atoms with Crippen LogP contribution in [-0.4, -0.2) is 106 Å². The van der Waals surface area contributed by atoms with Gasteiger partial charge in [0.2, 0.25) is 22.5 Å². The van der Waals surface area contributed by atoms with E-state index < -0.39 is 14.3 Å². The standard InChI is InChI=1S/C18H19BrClN6OP.C14H19N4OP.C4HBrCl2N2.C4H10O/c1-26(2)18-22-8-12(9-23-18)11-5-6-14(15(7-11)28(3,4)27)24-16-13(19)10-21-17(20)25-16;1-18(2)14-16-8-11(9-17-14)10-5-6-12(15)13(7-10)20(3,4)19;5-2-1-8-4(7)9-3(2)6;1-2-3-4-5/h5-10H,1-4H3,(H,21,24,25);5-9H,15H2,1-4H3;1H;5H,2-4H2,1H3. The van der Waals surface area contributed by atoms with Crippen molar-refractivity contribution in [3.8, 4) is 22.3 Å². The maximum absolute atomic E-state index is 13.0. The summed E-state index contributed by atoms with van der Waals surface area (Å²) in [5.74, 6) is 1.78. The van der Waals surface area contributed by atoms with Crippen molar-refractivity contribution in [2.24, 2.45) is 0 Å². The van der Waals surface area contributed by atoms with Crippen molar-refractivity contribution in [1.29, 1.82) is 0 Å². The number of nitrogens with two attached hydrogens (primary N) is 1. The van der Waals surface area contributed by atoms with Crippen LogP contribution < -0.4 is 31.5 Å². The lowest BCUT2D eigenvalue weighted by Crippen LogP contribution is -2.13. The van der Waals surface area contributed by atoms with Crippen LogP contribution in [0.2, 0.25) is 15.7 Å². The highest BCUT2D eigenvalue weighted by atomic mass is 79.9. The largest absolute Gasteiger partial charge is 0.398 e. The number of anilines is 5. The first kappa shape index (κ1) is 52.6. The number of hydrogen-bond donors (Lipinski definition) is 3. The van der Waals surface area contributed by atoms with Crippen LogP contribution in [0.1, 0.15) is 19.8 Å². The smallest absolute Gasteiger partial charge is 0.224 e. The van der Waals surface area contributed by atoms with E-state index in [4.69, 9.17) is 45.6 Å². The zero-order valence-electron chi connectivity index (χ0n) is 35.6. The molecule has 332 valence electrons. The first-order valence-electron chi connectivity index (χ1n) is 18.6. The highest BCUT2D eigenvalue weighted by Crippen LogP contribution is 2.41. The molecule has 0 fully saturated rings. The molecule has 62 heavy (non-hydrogen) atoms. The molecule has 15 nitrogen and oxygen atoms in total. The van der Waals surface area contributed by atoms with Crippen molar-refractivity contribution in [2.75, 3.05) is 82.3 Å². The Hall–Kier alpha value is -3.79. The maximum Gasteiger partial charge on any atom is 0.224 e. The molecule has 0 aliphatic rings. The minimum Gasteiger partial charge on any atom is -0.398 e. The molecule has 22 heteroatoms. The van der Waals surface area contributed by atoms with Crippen molar-refractivity contribution in [1.82, 2.24) is 39.9 Å². The van der Waals surface area contributed by atoms with Crippen LogP contribution in [0.3, 0.4) is 0 Å². The molecule has 0 spiro atoms. The molecule has 4 aromatic heterocycles. The van der Waals surface area contributed by atoms with Gasteiger partial charge < -0.3 is 35.1 Å². The summed E-state index contributed by atoms with van der Waals surface area (Å²) in [6, 6.07) is 11.2. The van der Waals surface area contributed by atoms with Gasteiger partial charge in [0.1, 0.15) is 25.3 Å². The number of nitrogens with zero attached hydrogens (tertiary/aromatic N) is 10. The van der Waals surface area contributed by atoms with Crippen molar-refractivity contribution in [3.63, 3.8) is 0 Å². The molecule has 0 radical (unpaired) electrons. The van der Waals surface area contributed by atoms with E-state index in [1.165, 1.54) is 6.20 Å². The average molecular weight is 1070 g/mol. The van der Waals surface area contributed by atoms with Crippen molar-refractivity contribution < 1.29 is 14.2 Å². The molecule has 6 rings (SSSR count). The van der Waals surface area contributed by atoms with Crippen LogP contribution in [0.15, 0.2) is 82.5 Å². The second-order valence-corrected chi connectivity index (χ2v) is 23.5. The third-order valence-electron chi connectivity index (χ3n) is 8.08. The number of unbranched alkanes of at least 4 members (excludes halogenated alkanes) is 1. The summed E-state index contributed by atoms with van der Waals surface area (Å²) in [6.45, 7) is 9.28. The third kappa shape index (κ3) is 16.4. The van der Waals surface area contributed by atoms with Gasteiger partial charge in [0.05, 0.1) is 14.6 Å². The Morgan fingerprint density at radius 3 is 1.52 bits per heavy atom. The lowest BCUT2D eigenvalue weighted by atomic mass is 10.1. The van der Waals surface area contributed by atoms with Gasteiger partial charge in [-0.2, -0.15) is 4.98 Å². The number of nitrogen functional groups attached to an aromatic ring is 1. The number of aromatic nitrogens is 8. The minimum atomic E-state index is -2.60. The molecule has 0 atom stereocenters. The summed E-state index contributed by atoms with van der Waals surface area (Å²) in [5, 5.41) is 13.3. The highest BCUT2D eigenvalue weighted by molar-refractivity contribution is 9.11. The SMILES string of the molecule is CCCCO.CN(C)c1ncc(-c2ccc(N)c(P(C)(C)=O)c2)cn1.CN(C)c1ncc(-c2ccc(Nc3nc(Cl)ncc3Br)c(P(C)(C)=O)c2)cn1.Clc1ncc(Br)c(Cl)n1. The molecule has 0 saturated carbocycles. The van der Waals surface area contributed by atoms with Crippen LogP contribution in [0.4, 0.5) is 29.1 Å². The highest BCUT2D eigenvalue weighted by Gasteiger charge is 2.20. The van der Waals surface area contributed by atoms with Gasteiger partial charge >= 0.3 is 0 Å². The van der Waals surface area contributed by atoms with E-state index in [1.807, 2.05) is 68.3 Å². The van der Waals surface area contributed by atoms with Gasteiger partial charge in [0, 0.05) is 99.4 Å². The van der Waals surface area contributed by atoms with Gasteiger partial charge in [-0.1, -0.05) is 37.1 Å². The van der Waals surface area contributed by atoms with Crippen LogP contribution in [0.5, 0.6) is 0 Å². The van der Waals surface area contributed by atoms with Crippen LogP contribution in [0, 0.1) is 0 Å². The first-order chi connectivity index (χ1) is 29.0. The van der Waals surface area contributed by atoms with E-state index in [0.29, 0.717) is 60.4 Å². The number of hydrogen-bond acceptors (Lipinski definition) is 15. The Kier molecular flexibility index (Phi) is 20.6. The Labute approximate surface area is 394 Å². The zero-order valence-corrected chi connectivity index (χ0v) is 42.9. The van der Waals surface area contributed by atoms with Crippen molar-refractivity contribution in [2.45, 2.75) is 19.8 Å². The van der Waals surface area contributed by atoms with Gasteiger partial charge in [-0.25, -0.2) is 34.9 Å². The maximum atomic E-state index is 13.0. The van der Waals surface area contributed by atoms with Crippen LogP contribution in [0.25, 0.3) is 22.3 Å². The number of halogens is 5. The fraction of sp³-hybridized carbons (Fsp3) is 0.300. The molecule has 0 unspecified atom stereocenters. The minimum absolute atomic E-state index is 0.123. The van der Waals surface area contributed by atoms with E-state index >= 15 is 0 Å². The predicted octanol–water partition coefficient (Wildman–Crippen LogP) is 9.77. The monoisotopic (exact) mass is 1070 g/mol. The lowest BCUT2D eigenvalue weighted by molar-refractivity contribution is 0.287. The summed E-state index contributed by atoms with van der Waals surface area (Å²) in [4.78, 5) is 36.3. The summed E-state index contributed by atoms with van der Waals surface area (Å²) >= 11 is 23.3. The average Bonchev–Trinajstić information content (AvgIpc) is 3.21. The van der Waals surface area contributed by atoms with Crippen molar-refractivity contribution in [3.05, 3.63) is 98.2 Å². The Morgan fingerprint density at radius 1 is 0.661 bits per heavy atom. The fourth-order valence-electron chi connectivity index (χ4n) is 4.90. The third-order valence-corrected chi connectivity index (χ3v) is 13.2. The Balaban J connectivity index is 0.000000260. The number of rotatable bonds is 10. The summed E-state index contributed by atoms with van der Waals surface area (Å²) in [7, 11) is 2.55. The Bertz CT molecular complexity index is 2500. The zero-order chi connectivity index (χ0) is 46.4. The van der Waals surface area contributed by atoms with Gasteiger partial charge in [-0.15, -0.1) is 0 Å². The summed E-state index contributed by atoms with van der Waals surface area (Å²) < 4.78 is 26.5. The van der Waals surface area contributed by atoms with E-state index in [-0.39, 0.29) is 10.6 Å². The lowest BCUT2D eigenvalue weighted by Gasteiger charge is -2.17. The summed E-state index contributed by atoms with van der Waals surface area (Å²) in [5.41, 5.74) is 10.7. The van der Waals surface area contributed by atoms with Gasteiger partial charge in [0.15, 0.2) is 0 Å². The topological polar surface area (TPSA) is 202 Å². The molecule has 2 aromatic carbocycles. The first-order valence-corrected chi connectivity index (χ1v) is 26.5. The van der Waals surface area contributed by atoms with E-state index in [9.17, 15) is 9.13 Å². The van der Waals surface area contributed by atoms with Gasteiger partial charge in [-0.3, -0.25) is 0 Å². The molecule has 0 bridgehead atoms. The number of nitrogens with one attached hydrogen (secondary N) is 1. The fourth-order valence-corrected chi connectivity index (χ4v) is 8.13. The number of aliphatic hydroxyl groups excluding tert-OH is 1. The number of aliphatic hydroxyl groups is 1. The Morgan fingerprint density at radius 2 is 1.11 bits per heavy atom. The summed E-state index contributed by atoms with van der Waals surface area (Å²) in [6.07, 6.45) is 12.1. The number of benzene rings is 2. The molecule has 0 amide bonds. The molecule has 0 aliphatic heterocycles. The second-order valence-electron chi connectivity index (χ2n) is 14.4.